The number of nitriles is 1. The molecular weight excluding hydrogens is 234 g/mol. The number of hydrogen-bond donors (Lipinski definition) is 2. The standard InChI is InChI=1S/C12H21N3O3/c1-3-15(9-10(2)8-13)12(18)14-7-5-4-6-11(16)17/h10H,3-7,9H2,1-2H3,(H,14,18)(H,16,17). The van der Waals surface area contributed by atoms with E-state index in [0.29, 0.717) is 32.5 Å². The molecule has 0 aliphatic rings. The van der Waals surface area contributed by atoms with Gasteiger partial charge in [0, 0.05) is 26.1 Å². The van der Waals surface area contributed by atoms with E-state index in [1.807, 2.05) is 6.92 Å². The highest BCUT2D eigenvalue weighted by Crippen LogP contribution is 1.99. The van der Waals surface area contributed by atoms with Gasteiger partial charge in [-0.1, -0.05) is 0 Å². The number of aliphatic carboxylic acids is 1. The average molecular weight is 255 g/mol. The van der Waals surface area contributed by atoms with Crippen LogP contribution in [0.2, 0.25) is 0 Å². The minimum absolute atomic E-state index is 0.124. The Morgan fingerprint density at radius 3 is 2.61 bits per heavy atom. The van der Waals surface area contributed by atoms with Gasteiger partial charge in [-0.2, -0.15) is 5.26 Å². The van der Waals surface area contributed by atoms with Gasteiger partial charge in [-0.15, -0.1) is 0 Å². The number of rotatable bonds is 8. The molecule has 0 aliphatic carbocycles. The Kier molecular flexibility index (Phi) is 8.37. The minimum Gasteiger partial charge on any atom is -0.481 e. The summed E-state index contributed by atoms with van der Waals surface area (Å²) in [6.07, 6.45) is 1.32. The second kappa shape index (κ2) is 9.28. The maximum atomic E-state index is 11.7. The molecule has 1 atom stereocenters. The quantitative estimate of drug-likeness (QED) is 0.642. The molecule has 0 spiro atoms. The first-order valence-electron chi connectivity index (χ1n) is 6.15. The van der Waals surface area contributed by atoms with Crippen molar-refractivity contribution in [1.29, 1.82) is 5.26 Å². The van der Waals surface area contributed by atoms with Crippen molar-refractivity contribution in [3.05, 3.63) is 0 Å². The van der Waals surface area contributed by atoms with Crippen LogP contribution in [-0.2, 0) is 4.79 Å². The first-order valence-corrected chi connectivity index (χ1v) is 6.15. The van der Waals surface area contributed by atoms with E-state index in [-0.39, 0.29) is 18.4 Å². The van der Waals surface area contributed by atoms with Crippen LogP contribution in [0.15, 0.2) is 0 Å². The molecule has 102 valence electrons. The number of hydrogen-bond acceptors (Lipinski definition) is 3. The van der Waals surface area contributed by atoms with E-state index in [0.717, 1.165) is 0 Å². The van der Waals surface area contributed by atoms with Gasteiger partial charge in [0.05, 0.1) is 12.0 Å². The van der Waals surface area contributed by atoms with Crippen LogP contribution in [0.5, 0.6) is 0 Å². The van der Waals surface area contributed by atoms with Gasteiger partial charge >= 0.3 is 12.0 Å². The molecule has 0 radical (unpaired) electrons. The topological polar surface area (TPSA) is 93.4 Å². The van der Waals surface area contributed by atoms with Crippen molar-refractivity contribution in [1.82, 2.24) is 10.2 Å². The molecule has 1 unspecified atom stereocenters. The average Bonchev–Trinajstić information content (AvgIpc) is 2.34. The largest absolute Gasteiger partial charge is 0.481 e. The fraction of sp³-hybridized carbons (Fsp3) is 0.750. The summed E-state index contributed by atoms with van der Waals surface area (Å²) in [5.41, 5.74) is 0. The molecule has 0 fully saturated rings. The first-order chi connectivity index (χ1) is 8.51. The molecule has 0 aromatic carbocycles. The molecule has 0 bridgehead atoms. The third kappa shape index (κ3) is 7.49. The summed E-state index contributed by atoms with van der Waals surface area (Å²) >= 11 is 0. The summed E-state index contributed by atoms with van der Waals surface area (Å²) in [6, 6.07) is 1.89. The van der Waals surface area contributed by atoms with Crippen molar-refractivity contribution < 1.29 is 14.7 Å². The van der Waals surface area contributed by atoms with E-state index < -0.39 is 5.97 Å². The van der Waals surface area contributed by atoms with Gasteiger partial charge in [0.15, 0.2) is 0 Å². The summed E-state index contributed by atoms with van der Waals surface area (Å²) < 4.78 is 0. The monoisotopic (exact) mass is 255 g/mol. The third-order valence-electron chi connectivity index (χ3n) is 2.48. The van der Waals surface area contributed by atoms with Gasteiger partial charge in [-0.05, 0) is 26.7 Å². The minimum atomic E-state index is -0.820. The zero-order chi connectivity index (χ0) is 14.0. The number of carbonyl (C=O) groups excluding carboxylic acids is 1. The summed E-state index contributed by atoms with van der Waals surface area (Å²) in [7, 11) is 0. The van der Waals surface area contributed by atoms with Gasteiger partial charge in [0.2, 0.25) is 0 Å². The zero-order valence-corrected chi connectivity index (χ0v) is 11.0. The van der Waals surface area contributed by atoms with Crippen molar-refractivity contribution in [2.45, 2.75) is 33.1 Å². The number of unbranched alkanes of at least 4 members (excludes halogenated alkanes) is 1. The number of carbonyl (C=O) groups is 2. The molecule has 6 nitrogen and oxygen atoms in total. The van der Waals surface area contributed by atoms with Crippen molar-refractivity contribution in [3.63, 3.8) is 0 Å². The summed E-state index contributed by atoms with van der Waals surface area (Å²) in [4.78, 5) is 23.6. The maximum absolute atomic E-state index is 11.7. The van der Waals surface area contributed by atoms with Gasteiger partial charge in [-0.25, -0.2) is 4.79 Å². The Labute approximate surface area is 108 Å². The highest BCUT2D eigenvalue weighted by atomic mass is 16.4. The van der Waals surface area contributed by atoms with Crippen molar-refractivity contribution >= 4 is 12.0 Å². The molecule has 0 aliphatic heterocycles. The molecular formula is C12H21N3O3. The van der Waals surface area contributed by atoms with E-state index in [9.17, 15) is 9.59 Å². The lowest BCUT2D eigenvalue weighted by Crippen LogP contribution is -2.42. The molecule has 2 amide bonds. The maximum Gasteiger partial charge on any atom is 0.317 e. The second-order valence-electron chi connectivity index (χ2n) is 4.15. The lowest BCUT2D eigenvalue weighted by atomic mass is 10.2. The molecule has 2 N–H and O–H groups in total. The highest BCUT2D eigenvalue weighted by Gasteiger charge is 2.13. The smallest absolute Gasteiger partial charge is 0.317 e. The van der Waals surface area contributed by atoms with Crippen LogP contribution in [0, 0.1) is 17.2 Å². The molecule has 0 rings (SSSR count). The molecule has 0 aromatic rings. The van der Waals surface area contributed by atoms with E-state index in [2.05, 4.69) is 11.4 Å². The van der Waals surface area contributed by atoms with Gasteiger partial charge in [-0.3, -0.25) is 4.79 Å². The van der Waals surface area contributed by atoms with Crippen molar-refractivity contribution in [3.8, 4) is 6.07 Å². The zero-order valence-electron chi connectivity index (χ0n) is 11.0. The van der Waals surface area contributed by atoms with Gasteiger partial charge in [0.25, 0.3) is 0 Å². The van der Waals surface area contributed by atoms with E-state index in [4.69, 9.17) is 10.4 Å². The van der Waals surface area contributed by atoms with E-state index in [1.165, 1.54) is 0 Å². The molecule has 6 heteroatoms. The van der Waals surface area contributed by atoms with Crippen LogP contribution in [0.3, 0.4) is 0 Å². The van der Waals surface area contributed by atoms with Crippen LogP contribution in [0.4, 0.5) is 4.79 Å². The second-order valence-corrected chi connectivity index (χ2v) is 4.15. The molecule has 18 heavy (non-hydrogen) atoms. The Hall–Kier alpha value is -1.77. The van der Waals surface area contributed by atoms with Crippen LogP contribution in [-0.4, -0.2) is 41.6 Å². The predicted octanol–water partition coefficient (Wildman–Crippen LogP) is 1.43. The SMILES string of the molecule is CCN(CC(C)C#N)C(=O)NCCCCC(=O)O. The van der Waals surface area contributed by atoms with Crippen LogP contribution in [0.25, 0.3) is 0 Å². The first kappa shape index (κ1) is 16.2. The number of nitrogens with zero attached hydrogens (tertiary/aromatic N) is 2. The van der Waals surface area contributed by atoms with Crippen LogP contribution >= 0.6 is 0 Å². The van der Waals surface area contributed by atoms with E-state index >= 15 is 0 Å². The molecule has 0 heterocycles. The Balaban J connectivity index is 3.84. The lowest BCUT2D eigenvalue weighted by molar-refractivity contribution is -0.137. The van der Waals surface area contributed by atoms with Crippen molar-refractivity contribution in [2.24, 2.45) is 5.92 Å². The summed E-state index contributed by atoms with van der Waals surface area (Å²) in [5.74, 6) is -1.01. The number of carboxylic acid groups (broad SMARTS) is 1. The fourth-order valence-corrected chi connectivity index (χ4v) is 1.44. The Morgan fingerprint density at radius 2 is 2.11 bits per heavy atom. The predicted molar refractivity (Wildman–Crippen MR) is 66.9 cm³/mol. The van der Waals surface area contributed by atoms with E-state index in [1.54, 1.807) is 11.8 Å². The third-order valence-corrected chi connectivity index (χ3v) is 2.48. The summed E-state index contributed by atoms with van der Waals surface area (Å²) in [5, 5.41) is 19.9. The number of urea groups is 1. The van der Waals surface area contributed by atoms with Gasteiger partial charge < -0.3 is 15.3 Å². The number of amides is 2. The summed E-state index contributed by atoms with van der Waals surface area (Å²) in [6.45, 7) is 5.04. The molecule has 0 saturated carbocycles. The Morgan fingerprint density at radius 1 is 1.44 bits per heavy atom. The van der Waals surface area contributed by atoms with Crippen LogP contribution < -0.4 is 5.32 Å². The number of carboxylic acids is 1. The molecule has 0 aromatic heterocycles. The van der Waals surface area contributed by atoms with Crippen LogP contribution in [0.1, 0.15) is 33.1 Å². The Bertz CT molecular complexity index is 312. The normalized spacial score (nSPS) is 11.4. The fourth-order valence-electron chi connectivity index (χ4n) is 1.44. The molecule has 0 saturated heterocycles. The lowest BCUT2D eigenvalue weighted by Gasteiger charge is -2.22. The van der Waals surface area contributed by atoms with Crippen molar-refractivity contribution in [2.75, 3.05) is 19.6 Å². The number of nitrogens with one attached hydrogen (secondary N) is 1. The highest BCUT2D eigenvalue weighted by molar-refractivity contribution is 5.74. The van der Waals surface area contributed by atoms with Gasteiger partial charge in [0.1, 0.15) is 0 Å².